The molecule has 1 N–H and O–H groups in total. The van der Waals surface area contributed by atoms with Crippen LogP contribution in [0.25, 0.3) is 0 Å². The number of nitrogens with zero attached hydrogens (tertiary/aromatic N) is 1. The number of carbonyl (C=O) groups excluding carboxylic acids is 1. The van der Waals surface area contributed by atoms with Gasteiger partial charge in [0.25, 0.3) is 0 Å². The standard InChI is InChI=1S/C11H22N2O/c1-11(2,3)9-12-10(14)13-7-5-4-6-8-13/h4-9H2,1-3H3,(H,12,14). The highest BCUT2D eigenvalue weighted by atomic mass is 16.2. The van der Waals surface area contributed by atoms with Crippen LogP contribution in [-0.4, -0.2) is 30.6 Å². The van der Waals surface area contributed by atoms with Gasteiger partial charge in [-0.1, -0.05) is 20.8 Å². The van der Waals surface area contributed by atoms with E-state index in [0.717, 1.165) is 32.5 Å². The van der Waals surface area contributed by atoms with Crippen molar-refractivity contribution in [3.05, 3.63) is 0 Å². The van der Waals surface area contributed by atoms with Gasteiger partial charge in [0.2, 0.25) is 0 Å². The average molecular weight is 198 g/mol. The second kappa shape index (κ2) is 4.67. The van der Waals surface area contributed by atoms with Crippen LogP contribution >= 0.6 is 0 Å². The normalized spacial score (nSPS) is 18.1. The fraction of sp³-hybridized carbons (Fsp3) is 0.909. The lowest BCUT2D eigenvalue weighted by Crippen LogP contribution is -2.45. The molecule has 1 heterocycles. The maximum absolute atomic E-state index is 11.7. The summed E-state index contributed by atoms with van der Waals surface area (Å²) in [4.78, 5) is 13.6. The lowest BCUT2D eigenvalue weighted by molar-refractivity contribution is 0.182. The molecule has 14 heavy (non-hydrogen) atoms. The van der Waals surface area contributed by atoms with Crippen molar-refractivity contribution in [2.75, 3.05) is 19.6 Å². The van der Waals surface area contributed by atoms with E-state index in [4.69, 9.17) is 0 Å². The van der Waals surface area contributed by atoms with Gasteiger partial charge in [-0.25, -0.2) is 4.79 Å². The molecular formula is C11H22N2O. The van der Waals surface area contributed by atoms with E-state index < -0.39 is 0 Å². The lowest BCUT2D eigenvalue weighted by atomic mass is 9.97. The maximum Gasteiger partial charge on any atom is 0.317 e. The lowest BCUT2D eigenvalue weighted by Gasteiger charge is -2.28. The van der Waals surface area contributed by atoms with Gasteiger partial charge in [-0.15, -0.1) is 0 Å². The maximum atomic E-state index is 11.7. The molecule has 0 unspecified atom stereocenters. The molecule has 1 aliphatic rings. The Labute approximate surface area is 86.9 Å². The van der Waals surface area contributed by atoms with Crippen molar-refractivity contribution in [3.63, 3.8) is 0 Å². The smallest absolute Gasteiger partial charge is 0.317 e. The molecule has 0 atom stereocenters. The first-order valence-electron chi connectivity index (χ1n) is 5.52. The minimum atomic E-state index is 0.111. The summed E-state index contributed by atoms with van der Waals surface area (Å²) in [5, 5.41) is 2.98. The van der Waals surface area contributed by atoms with Crippen LogP contribution in [0.1, 0.15) is 40.0 Å². The molecule has 2 amide bonds. The number of hydrogen-bond donors (Lipinski definition) is 1. The van der Waals surface area contributed by atoms with Crippen molar-refractivity contribution in [3.8, 4) is 0 Å². The number of likely N-dealkylation sites (tertiary alicyclic amines) is 1. The second-order valence-electron chi connectivity index (χ2n) is 5.27. The SMILES string of the molecule is CC(C)(C)CNC(=O)N1CCCCC1. The summed E-state index contributed by atoms with van der Waals surface area (Å²) in [6.07, 6.45) is 3.58. The predicted molar refractivity (Wildman–Crippen MR) is 58.3 cm³/mol. The summed E-state index contributed by atoms with van der Waals surface area (Å²) < 4.78 is 0. The number of urea groups is 1. The van der Waals surface area contributed by atoms with E-state index in [1.54, 1.807) is 0 Å². The van der Waals surface area contributed by atoms with E-state index in [9.17, 15) is 4.79 Å². The van der Waals surface area contributed by atoms with E-state index in [0.29, 0.717) is 0 Å². The molecule has 0 aromatic heterocycles. The van der Waals surface area contributed by atoms with Crippen molar-refractivity contribution in [2.45, 2.75) is 40.0 Å². The largest absolute Gasteiger partial charge is 0.337 e. The highest BCUT2D eigenvalue weighted by molar-refractivity contribution is 5.74. The Balaban J connectivity index is 2.27. The first-order valence-corrected chi connectivity index (χ1v) is 5.52. The van der Waals surface area contributed by atoms with Gasteiger partial charge < -0.3 is 10.2 Å². The van der Waals surface area contributed by atoms with Gasteiger partial charge in [-0.2, -0.15) is 0 Å². The van der Waals surface area contributed by atoms with Gasteiger partial charge >= 0.3 is 6.03 Å². The molecule has 3 heteroatoms. The van der Waals surface area contributed by atoms with E-state index >= 15 is 0 Å². The van der Waals surface area contributed by atoms with E-state index in [1.165, 1.54) is 6.42 Å². The molecule has 1 aliphatic heterocycles. The van der Waals surface area contributed by atoms with Crippen molar-refractivity contribution < 1.29 is 4.79 Å². The number of amides is 2. The fourth-order valence-corrected chi connectivity index (χ4v) is 1.55. The van der Waals surface area contributed by atoms with Crippen molar-refractivity contribution in [1.29, 1.82) is 0 Å². The molecule has 0 spiro atoms. The summed E-state index contributed by atoms with van der Waals surface area (Å²) in [7, 11) is 0. The third-order valence-corrected chi connectivity index (χ3v) is 2.41. The van der Waals surface area contributed by atoms with Gasteiger partial charge in [0, 0.05) is 19.6 Å². The zero-order chi connectivity index (χ0) is 10.6. The third-order valence-electron chi connectivity index (χ3n) is 2.41. The van der Waals surface area contributed by atoms with Crippen LogP contribution in [0.2, 0.25) is 0 Å². The Kier molecular flexibility index (Phi) is 3.78. The van der Waals surface area contributed by atoms with Gasteiger partial charge in [-0.3, -0.25) is 0 Å². The summed E-state index contributed by atoms with van der Waals surface area (Å²) in [5.74, 6) is 0. The Morgan fingerprint density at radius 3 is 2.29 bits per heavy atom. The average Bonchev–Trinajstić information content (AvgIpc) is 2.14. The van der Waals surface area contributed by atoms with Crippen LogP contribution in [0.15, 0.2) is 0 Å². The summed E-state index contributed by atoms with van der Waals surface area (Å²) in [5.41, 5.74) is 0.172. The second-order valence-corrected chi connectivity index (χ2v) is 5.27. The zero-order valence-corrected chi connectivity index (χ0v) is 9.60. The van der Waals surface area contributed by atoms with Crippen LogP contribution in [0.4, 0.5) is 4.79 Å². The highest BCUT2D eigenvalue weighted by Gasteiger charge is 2.18. The molecule has 3 nitrogen and oxygen atoms in total. The van der Waals surface area contributed by atoms with Gasteiger partial charge in [-0.05, 0) is 24.7 Å². The fourth-order valence-electron chi connectivity index (χ4n) is 1.55. The van der Waals surface area contributed by atoms with E-state index in [2.05, 4.69) is 26.1 Å². The Hall–Kier alpha value is -0.730. The first-order chi connectivity index (χ1) is 6.49. The number of piperidine rings is 1. The van der Waals surface area contributed by atoms with Crippen LogP contribution < -0.4 is 5.32 Å². The quantitative estimate of drug-likeness (QED) is 0.688. The van der Waals surface area contributed by atoms with Crippen molar-refractivity contribution in [2.24, 2.45) is 5.41 Å². The Morgan fingerprint density at radius 2 is 1.79 bits per heavy atom. The third kappa shape index (κ3) is 3.99. The topological polar surface area (TPSA) is 32.3 Å². The van der Waals surface area contributed by atoms with E-state index in [-0.39, 0.29) is 11.4 Å². The first kappa shape index (κ1) is 11.3. The molecule has 0 bridgehead atoms. The van der Waals surface area contributed by atoms with Crippen molar-refractivity contribution in [1.82, 2.24) is 10.2 Å². The van der Waals surface area contributed by atoms with Crippen LogP contribution in [-0.2, 0) is 0 Å². The number of rotatable bonds is 1. The predicted octanol–water partition coefficient (Wildman–Crippen LogP) is 2.23. The number of nitrogens with one attached hydrogen (secondary N) is 1. The van der Waals surface area contributed by atoms with Gasteiger partial charge in [0.1, 0.15) is 0 Å². The van der Waals surface area contributed by atoms with Crippen LogP contribution in [0, 0.1) is 5.41 Å². The van der Waals surface area contributed by atoms with E-state index in [1.807, 2.05) is 4.90 Å². The molecule has 1 fully saturated rings. The number of hydrogen-bond acceptors (Lipinski definition) is 1. The summed E-state index contributed by atoms with van der Waals surface area (Å²) in [6, 6.07) is 0.111. The summed E-state index contributed by atoms with van der Waals surface area (Å²) >= 11 is 0. The van der Waals surface area contributed by atoms with Crippen LogP contribution in [0.3, 0.4) is 0 Å². The van der Waals surface area contributed by atoms with Crippen molar-refractivity contribution >= 4 is 6.03 Å². The Bertz CT molecular complexity index is 190. The highest BCUT2D eigenvalue weighted by Crippen LogP contribution is 2.12. The monoisotopic (exact) mass is 198 g/mol. The molecule has 0 radical (unpaired) electrons. The zero-order valence-electron chi connectivity index (χ0n) is 9.60. The molecule has 1 rings (SSSR count). The molecule has 0 aliphatic carbocycles. The molecule has 0 aromatic rings. The van der Waals surface area contributed by atoms with Crippen LogP contribution in [0.5, 0.6) is 0 Å². The molecule has 1 saturated heterocycles. The molecular weight excluding hydrogens is 176 g/mol. The van der Waals surface area contributed by atoms with Gasteiger partial charge in [0.05, 0.1) is 0 Å². The molecule has 0 aromatic carbocycles. The summed E-state index contributed by atoms with van der Waals surface area (Å²) in [6.45, 7) is 8.99. The molecule has 82 valence electrons. The minimum absolute atomic E-state index is 0.111. The minimum Gasteiger partial charge on any atom is -0.337 e. The Morgan fingerprint density at radius 1 is 1.21 bits per heavy atom. The molecule has 0 saturated carbocycles. The van der Waals surface area contributed by atoms with Gasteiger partial charge in [0.15, 0.2) is 0 Å². The number of carbonyl (C=O) groups is 1.